The minimum absolute atomic E-state index is 0.377. The van der Waals surface area contributed by atoms with Crippen molar-refractivity contribution < 1.29 is 23.0 Å². The standard InChI is InChI=1S/C9H8BrF3O2/c10-7-3-1-6(2-4-7)8(14)5-15-9(11,12)13/h1-4,8,14H,5H2/t8-/m0/s1. The Bertz CT molecular complexity index is 310. The quantitative estimate of drug-likeness (QED) is 0.925. The predicted octanol–water partition coefficient (Wildman–Crippen LogP) is 3.02. The highest BCUT2D eigenvalue weighted by Gasteiger charge is 2.30. The molecule has 84 valence electrons. The van der Waals surface area contributed by atoms with Crippen LogP contribution in [0.2, 0.25) is 0 Å². The summed E-state index contributed by atoms with van der Waals surface area (Å²) >= 11 is 3.17. The van der Waals surface area contributed by atoms with E-state index in [2.05, 4.69) is 20.7 Å². The minimum atomic E-state index is -4.71. The second-order valence-electron chi connectivity index (χ2n) is 2.82. The monoisotopic (exact) mass is 284 g/mol. The van der Waals surface area contributed by atoms with E-state index in [0.29, 0.717) is 5.56 Å². The van der Waals surface area contributed by atoms with E-state index in [1.54, 1.807) is 12.1 Å². The summed E-state index contributed by atoms with van der Waals surface area (Å²) in [6, 6.07) is 6.31. The number of alkyl halides is 3. The third kappa shape index (κ3) is 4.63. The summed E-state index contributed by atoms with van der Waals surface area (Å²) in [6.07, 6.45) is -5.99. The summed E-state index contributed by atoms with van der Waals surface area (Å²) in [4.78, 5) is 0. The van der Waals surface area contributed by atoms with Gasteiger partial charge in [-0.2, -0.15) is 0 Å². The van der Waals surface area contributed by atoms with Crippen LogP contribution < -0.4 is 0 Å². The van der Waals surface area contributed by atoms with Crippen molar-refractivity contribution in [3.05, 3.63) is 34.3 Å². The van der Waals surface area contributed by atoms with E-state index in [1.807, 2.05) is 0 Å². The van der Waals surface area contributed by atoms with Gasteiger partial charge in [0.15, 0.2) is 0 Å². The Kier molecular flexibility index (Phi) is 4.12. The van der Waals surface area contributed by atoms with Crippen LogP contribution in [0.1, 0.15) is 11.7 Å². The smallest absolute Gasteiger partial charge is 0.386 e. The molecule has 0 aromatic heterocycles. The van der Waals surface area contributed by atoms with Crippen molar-refractivity contribution in [3.8, 4) is 0 Å². The normalized spacial score (nSPS) is 13.9. The van der Waals surface area contributed by atoms with Gasteiger partial charge in [-0.3, -0.25) is 4.74 Å². The molecular weight excluding hydrogens is 277 g/mol. The summed E-state index contributed by atoms with van der Waals surface area (Å²) in [5.74, 6) is 0. The molecule has 0 heterocycles. The molecule has 2 nitrogen and oxygen atoms in total. The summed E-state index contributed by atoms with van der Waals surface area (Å²) in [6.45, 7) is -0.800. The van der Waals surface area contributed by atoms with E-state index in [0.717, 1.165) is 4.47 Å². The highest BCUT2D eigenvalue weighted by Crippen LogP contribution is 2.21. The van der Waals surface area contributed by atoms with Crippen LogP contribution in [0.5, 0.6) is 0 Å². The fourth-order valence-electron chi connectivity index (χ4n) is 0.955. The lowest BCUT2D eigenvalue weighted by Gasteiger charge is -2.13. The van der Waals surface area contributed by atoms with Crippen molar-refractivity contribution in [2.24, 2.45) is 0 Å². The molecule has 0 aliphatic heterocycles. The number of hydrogen-bond donors (Lipinski definition) is 1. The van der Waals surface area contributed by atoms with Crippen LogP contribution in [0.15, 0.2) is 28.7 Å². The van der Waals surface area contributed by atoms with Crippen LogP contribution in [0.25, 0.3) is 0 Å². The maximum Gasteiger partial charge on any atom is 0.522 e. The topological polar surface area (TPSA) is 29.5 Å². The van der Waals surface area contributed by atoms with E-state index in [-0.39, 0.29) is 0 Å². The molecular formula is C9H8BrF3O2. The Labute approximate surface area is 92.8 Å². The average Bonchev–Trinajstić information content (AvgIpc) is 2.14. The Balaban J connectivity index is 2.54. The van der Waals surface area contributed by atoms with Crippen LogP contribution in [0, 0.1) is 0 Å². The molecule has 0 fully saturated rings. The molecule has 0 radical (unpaired) electrons. The number of ether oxygens (including phenoxy) is 1. The zero-order valence-electron chi connectivity index (χ0n) is 7.46. The fourth-order valence-corrected chi connectivity index (χ4v) is 1.22. The highest BCUT2D eigenvalue weighted by atomic mass is 79.9. The van der Waals surface area contributed by atoms with Gasteiger partial charge < -0.3 is 5.11 Å². The molecule has 1 atom stereocenters. The summed E-state index contributed by atoms with van der Waals surface area (Å²) < 4.78 is 39.3. The highest BCUT2D eigenvalue weighted by molar-refractivity contribution is 9.10. The first-order valence-electron chi connectivity index (χ1n) is 4.03. The summed E-state index contributed by atoms with van der Waals surface area (Å²) in [5.41, 5.74) is 0.377. The molecule has 0 bridgehead atoms. The first-order valence-corrected chi connectivity index (χ1v) is 4.82. The molecule has 0 aliphatic carbocycles. The molecule has 0 saturated carbocycles. The molecule has 0 aliphatic rings. The van der Waals surface area contributed by atoms with Gasteiger partial charge in [0.05, 0.1) is 6.61 Å². The van der Waals surface area contributed by atoms with Crippen LogP contribution in [-0.4, -0.2) is 18.1 Å². The van der Waals surface area contributed by atoms with Gasteiger partial charge in [-0.05, 0) is 17.7 Å². The molecule has 6 heteroatoms. The van der Waals surface area contributed by atoms with Crippen LogP contribution in [0.3, 0.4) is 0 Å². The van der Waals surface area contributed by atoms with Crippen LogP contribution in [-0.2, 0) is 4.74 Å². The number of aliphatic hydroxyl groups is 1. The van der Waals surface area contributed by atoms with Gasteiger partial charge in [0.1, 0.15) is 6.10 Å². The third-order valence-corrected chi connectivity index (χ3v) is 2.19. The second kappa shape index (κ2) is 4.96. The van der Waals surface area contributed by atoms with Crippen molar-refractivity contribution in [2.75, 3.05) is 6.61 Å². The molecule has 1 N–H and O–H groups in total. The summed E-state index contributed by atoms with van der Waals surface area (Å²) in [7, 11) is 0. The van der Waals surface area contributed by atoms with Gasteiger partial charge in [-0.1, -0.05) is 28.1 Å². The second-order valence-corrected chi connectivity index (χ2v) is 3.74. The number of benzene rings is 1. The fraction of sp³-hybridized carbons (Fsp3) is 0.333. The van der Waals surface area contributed by atoms with Crippen molar-refractivity contribution in [3.63, 3.8) is 0 Å². The van der Waals surface area contributed by atoms with Gasteiger partial charge in [-0.25, -0.2) is 0 Å². The van der Waals surface area contributed by atoms with Gasteiger partial charge in [0.2, 0.25) is 0 Å². The molecule has 15 heavy (non-hydrogen) atoms. The first kappa shape index (κ1) is 12.5. The van der Waals surface area contributed by atoms with Crippen molar-refractivity contribution >= 4 is 15.9 Å². The van der Waals surface area contributed by atoms with Gasteiger partial charge in [-0.15, -0.1) is 13.2 Å². The van der Waals surface area contributed by atoms with Crippen LogP contribution in [0.4, 0.5) is 13.2 Å². The lowest BCUT2D eigenvalue weighted by atomic mass is 10.1. The number of rotatable bonds is 3. The van der Waals surface area contributed by atoms with E-state index in [4.69, 9.17) is 0 Å². The SMILES string of the molecule is O[C@@H](COC(F)(F)F)c1ccc(Br)cc1. The maximum atomic E-state index is 11.7. The molecule has 0 amide bonds. The largest absolute Gasteiger partial charge is 0.522 e. The lowest BCUT2D eigenvalue weighted by Crippen LogP contribution is -2.18. The summed E-state index contributed by atoms with van der Waals surface area (Å²) in [5, 5.41) is 9.33. The molecule has 1 aromatic rings. The van der Waals surface area contributed by atoms with E-state index in [9.17, 15) is 18.3 Å². The Hall–Kier alpha value is -0.590. The predicted molar refractivity (Wildman–Crippen MR) is 51.1 cm³/mol. The van der Waals surface area contributed by atoms with Crippen molar-refractivity contribution in [1.29, 1.82) is 0 Å². The lowest BCUT2D eigenvalue weighted by molar-refractivity contribution is -0.331. The third-order valence-electron chi connectivity index (χ3n) is 1.66. The number of halogens is 4. The van der Waals surface area contributed by atoms with E-state index in [1.165, 1.54) is 12.1 Å². The Morgan fingerprint density at radius 2 is 1.80 bits per heavy atom. The zero-order chi connectivity index (χ0) is 11.5. The maximum absolute atomic E-state index is 11.7. The van der Waals surface area contributed by atoms with Gasteiger partial charge in [0, 0.05) is 4.47 Å². The first-order chi connectivity index (χ1) is 6.88. The zero-order valence-corrected chi connectivity index (χ0v) is 9.05. The van der Waals surface area contributed by atoms with Crippen molar-refractivity contribution in [2.45, 2.75) is 12.5 Å². The van der Waals surface area contributed by atoms with Crippen LogP contribution >= 0.6 is 15.9 Å². The number of aliphatic hydroxyl groups excluding tert-OH is 1. The molecule has 0 unspecified atom stereocenters. The van der Waals surface area contributed by atoms with E-state index >= 15 is 0 Å². The van der Waals surface area contributed by atoms with Crippen molar-refractivity contribution in [1.82, 2.24) is 0 Å². The Morgan fingerprint density at radius 1 is 1.27 bits per heavy atom. The molecule has 0 saturated heterocycles. The van der Waals surface area contributed by atoms with E-state index < -0.39 is 19.1 Å². The molecule has 1 rings (SSSR count). The number of hydrogen-bond acceptors (Lipinski definition) is 2. The molecule has 0 spiro atoms. The van der Waals surface area contributed by atoms with Gasteiger partial charge >= 0.3 is 6.36 Å². The average molecular weight is 285 g/mol. The van der Waals surface area contributed by atoms with Gasteiger partial charge in [0.25, 0.3) is 0 Å². The minimum Gasteiger partial charge on any atom is -0.386 e. The molecule has 1 aromatic carbocycles. The Morgan fingerprint density at radius 3 is 2.27 bits per heavy atom.